The van der Waals surface area contributed by atoms with Gasteiger partial charge in [0.05, 0.1) is 16.5 Å². The summed E-state index contributed by atoms with van der Waals surface area (Å²) < 4.78 is 14.2. The lowest BCUT2D eigenvalue weighted by molar-refractivity contribution is -0.113. The Morgan fingerprint density at radius 3 is 2.81 bits per heavy atom. The Hall–Kier alpha value is -1.24. The van der Waals surface area contributed by atoms with Gasteiger partial charge >= 0.3 is 0 Å². The third-order valence-electron chi connectivity index (χ3n) is 2.52. The van der Waals surface area contributed by atoms with E-state index in [0.717, 1.165) is 0 Å². The maximum absolute atomic E-state index is 13.6. The zero-order valence-corrected chi connectivity index (χ0v) is 13.9. The molecule has 0 saturated heterocycles. The van der Waals surface area contributed by atoms with Gasteiger partial charge in [-0.15, -0.1) is 11.8 Å². The van der Waals surface area contributed by atoms with E-state index in [-0.39, 0.29) is 17.3 Å². The van der Waals surface area contributed by atoms with Gasteiger partial charge in [-0.25, -0.2) is 4.39 Å². The van der Waals surface area contributed by atoms with Crippen molar-refractivity contribution in [3.8, 4) is 0 Å². The number of nitrogen functional groups attached to an aromatic ring is 1. The molecule has 2 aromatic carbocycles. The second-order valence-corrected chi connectivity index (χ2v) is 6.49. The first-order valence-electron chi connectivity index (χ1n) is 5.88. The highest BCUT2D eigenvalue weighted by molar-refractivity contribution is 9.10. The van der Waals surface area contributed by atoms with Gasteiger partial charge in [-0.3, -0.25) is 4.79 Å². The summed E-state index contributed by atoms with van der Waals surface area (Å²) in [6.45, 7) is 0. The lowest BCUT2D eigenvalue weighted by Gasteiger charge is -2.08. The van der Waals surface area contributed by atoms with Crippen LogP contribution in [0.25, 0.3) is 0 Å². The molecule has 1 amide bonds. The molecule has 0 aromatic heterocycles. The highest BCUT2D eigenvalue weighted by atomic mass is 79.9. The first kappa shape index (κ1) is 16.1. The number of hydrogen-bond acceptors (Lipinski definition) is 3. The highest BCUT2D eigenvalue weighted by Gasteiger charge is 2.09. The summed E-state index contributed by atoms with van der Waals surface area (Å²) in [5.74, 6) is -0.706. The van der Waals surface area contributed by atoms with E-state index in [1.54, 1.807) is 24.3 Å². The second-order valence-electron chi connectivity index (χ2n) is 4.15. The van der Waals surface area contributed by atoms with Crippen molar-refractivity contribution in [3.05, 3.63) is 51.7 Å². The van der Waals surface area contributed by atoms with Crippen LogP contribution in [0.5, 0.6) is 0 Å². The summed E-state index contributed by atoms with van der Waals surface area (Å²) in [6.07, 6.45) is 0. The summed E-state index contributed by atoms with van der Waals surface area (Å²) in [7, 11) is 0. The summed E-state index contributed by atoms with van der Waals surface area (Å²) in [6, 6.07) is 9.49. The molecule has 0 heterocycles. The van der Waals surface area contributed by atoms with Crippen LogP contribution in [0.15, 0.2) is 45.8 Å². The molecule has 3 nitrogen and oxygen atoms in total. The predicted molar refractivity (Wildman–Crippen MR) is 89.3 cm³/mol. The molecular formula is C14H11BrClFN2OS. The number of nitrogens with two attached hydrogens (primary N) is 1. The highest BCUT2D eigenvalue weighted by Crippen LogP contribution is 2.29. The number of carbonyl (C=O) groups is 1. The van der Waals surface area contributed by atoms with Gasteiger partial charge in [0.15, 0.2) is 0 Å². The molecular weight excluding hydrogens is 379 g/mol. The van der Waals surface area contributed by atoms with Gasteiger partial charge in [0.25, 0.3) is 0 Å². The van der Waals surface area contributed by atoms with E-state index in [1.165, 1.54) is 23.9 Å². The smallest absolute Gasteiger partial charge is 0.234 e. The average Bonchev–Trinajstić information content (AvgIpc) is 2.43. The summed E-state index contributed by atoms with van der Waals surface area (Å²) in [4.78, 5) is 12.5. The number of carbonyl (C=O) groups excluding carboxylic acids is 1. The molecule has 0 aliphatic carbocycles. The monoisotopic (exact) mass is 388 g/mol. The molecule has 0 saturated carbocycles. The van der Waals surface area contributed by atoms with Gasteiger partial charge in [-0.05, 0) is 36.4 Å². The van der Waals surface area contributed by atoms with Crippen LogP contribution < -0.4 is 11.1 Å². The fourth-order valence-corrected chi connectivity index (χ4v) is 2.95. The van der Waals surface area contributed by atoms with Crippen LogP contribution in [0.1, 0.15) is 0 Å². The van der Waals surface area contributed by atoms with E-state index < -0.39 is 5.82 Å². The Morgan fingerprint density at radius 2 is 2.10 bits per heavy atom. The van der Waals surface area contributed by atoms with Crippen molar-refractivity contribution in [3.63, 3.8) is 0 Å². The van der Waals surface area contributed by atoms with Crippen LogP contribution in [0.4, 0.5) is 15.8 Å². The third-order valence-corrected chi connectivity index (χ3v) is 4.51. The number of rotatable bonds is 4. The minimum absolute atomic E-state index is 0.110. The van der Waals surface area contributed by atoms with E-state index in [9.17, 15) is 9.18 Å². The van der Waals surface area contributed by atoms with E-state index in [2.05, 4.69) is 21.2 Å². The first-order valence-corrected chi connectivity index (χ1v) is 8.04. The predicted octanol–water partition coefficient (Wildman–Crippen LogP) is 4.55. The fourth-order valence-electron chi connectivity index (χ4n) is 1.55. The number of amides is 1. The minimum Gasteiger partial charge on any atom is -0.399 e. The van der Waals surface area contributed by atoms with E-state index in [1.807, 2.05) is 0 Å². The largest absolute Gasteiger partial charge is 0.399 e. The second kappa shape index (κ2) is 7.15. The summed E-state index contributed by atoms with van der Waals surface area (Å²) >= 11 is 10.4. The average molecular weight is 390 g/mol. The van der Waals surface area contributed by atoms with Crippen LogP contribution in [0.3, 0.4) is 0 Å². The molecule has 0 fully saturated rings. The van der Waals surface area contributed by atoms with Gasteiger partial charge in [-0.1, -0.05) is 27.5 Å². The summed E-state index contributed by atoms with van der Waals surface area (Å²) in [5.41, 5.74) is 6.38. The van der Waals surface area contributed by atoms with Gasteiger partial charge in [-0.2, -0.15) is 0 Å². The maximum atomic E-state index is 13.6. The molecule has 0 radical (unpaired) electrons. The molecule has 0 bridgehead atoms. The molecule has 3 N–H and O–H groups in total. The SMILES string of the molecule is Nc1ccc(Cl)c(SCC(=O)Nc2ccc(Br)cc2F)c1. The molecule has 0 atom stereocenters. The fraction of sp³-hybridized carbons (Fsp3) is 0.0714. The summed E-state index contributed by atoms with van der Waals surface area (Å²) in [5, 5.41) is 3.04. The molecule has 0 spiro atoms. The zero-order valence-electron chi connectivity index (χ0n) is 10.7. The number of benzene rings is 2. The van der Waals surface area contributed by atoms with E-state index in [4.69, 9.17) is 17.3 Å². The lowest BCUT2D eigenvalue weighted by Crippen LogP contribution is -2.15. The first-order chi connectivity index (χ1) is 9.95. The Balaban J connectivity index is 1.97. The Kier molecular flexibility index (Phi) is 5.50. The molecule has 2 aromatic rings. The lowest BCUT2D eigenvalue weighted by atomic mass is 10.3. The number of nitrogens with one attached hydrogen (secondary N) is 1. The Bertz CT molecular complexity index is 684. The normalized spacial score (nSPS) is 10.4. The van der Waals surface area contributed by atoms with Crippen molar-refractivity contribution in [2.75, 3.05) is 16.8 Å². The molecule has 0 aliphatic rings. The number of hydrogen-bond donors (Lipinski definition) is 2. The van der Waals surface area contributed by atoms with Crippen molar-refractivity contribution in [2.45, 2.75) is 4.90 Å². The molecule has 21 heavy (non-hydrogen) atoms. The van der Waals surface area contributed by atoms with Gasteiger partial charge < -0.3 is 11.1 Å². The topological polar surface area (TPSA) is 55.1 Å². The van der Waals surface area contributed by atoms with Gasteiger partial charge in [0.2, 0.25) is 5.91 Å². The van der Waals surface area contributed by atoms with Crippen LogP contribution in [-0.2, 0) is 4.79 Å². The zero-order chi connectivity index (χ0) is 15.4. The molecule has 2 rings (SSSR count). The van der Waals surface area contributed by atoms with Gasteiger partial charge in [0.1, 0.15) is 5.82 Å². The number of thioether (sulfide) groups is 1. The van der Waals surface area contributed by atoms with Crippen LogP contribution in [-0.4, -0.2) is 11.7 Å². The Morgan fingerprint density at radius 1 is 1.33 bits per heavy atom. The molecule has 0 aliphatic heterocycles. The third kappa shape index (κ3) is 4.62. The van der Waals surface area contributed by atoms with Crippen LogP contribution >= 0.6 is 39.3 Å². The number of halogens is 3. The molecule has 0 unspecified atom stereocenters. The standard InChI is InChI=1S/C14H11BrClFN2OS/c15-8-1-4-12(11(17)5-8)19-14(20)7-21-13-6-9(18)2-3-10(13)16/h1-6H,7,18H2,(H,19,20). The van der Waals surface area contributed by atoms with Crippen molar-refractivity contribution in [1.29, 1.82) is 0 Å². The van der Waals surface area contributed by atoms with Crippen molar-refractivity contribution < 1.29 is 9.18 Å². The minimum atomic E-state index is -0.496. The van der Waals surface area contributed by atoms with Crippen LogP contribution in [0.2, 0.25) is 5.02 Å². The van der Waals surface area contributed by atoms with Crippen molar-refractivity contribution in [2.24, 2.45) is 0 Å². The van der Waals surface area contributed by atoms with Crippen molar-refractivity contribution in [1.82, 2.24) is 0 Å². The van der Waals surface area contributed by atoms with Crippen molar-refractivity contribution >= 4 is 56.6 Å². The van der Waals surface area contributed by atoms with Gasteiger partial charge in [0, 0.05) is 15.1 Å². The number of anilines is 2. The van der Waals surface area contributed by atoms with Crippen LogP contribution in [0, 0.1) is 5.82 Å². The quantitative estimate of drug-likeness (QED) is 0.595. The van der Waals surface area contributed by atoms with E-state index in [0.29, 0.717) is 20.1 Å². The molecule has 7 heteroatoms. The Labute approximate surface area is 139 Å². The maximum Gasteiger partial charge on any atom is 0.234 e. The van der Waals surface area contributed by atoms with E-state index >= 15 is 0 Å². The molecule has 110 valence electrons.